The third kappa shape index (κ3) is 3.12. The number of methoxy groups -OCH3 is 1. The predicted molar refractivity (Wildman–Crippen MR) is 87.4 cm³/mol. The molecule has 1 aliphatic rings. The molecule has 6 heteroatoms. The van der Waals surface area contributed by atoms with E-state index in [2.05, 4.69) is 21.3 Å². The van der Waals surface area contributed by atoms with E-state index < -0.39 is 0 Å². The molecule has 0 radical (unpaired) electrons. The number of anilines is 3. The maximum absolute atomic E-state index is 12.1. The van der Waals surface area contributed by atoms with Crippen molar-refractivity contribution in [1.29, 1.82) is 0 Å². The summed E-state index contributed by atoms with van der Waals surface area (Å²) in [6.07, 6.45) is 0. The Labute approximate surface area is 128 Å². The fourth-order valence-corrected chi connectivity index (χ4v) is 2.38. The molecule has 2 aromatic carbocycles. The van der Waals surface area contributed by atoms with Crippen LogP contribution in [0, 0.1) is 0 Å². The summed E-state index contributed by atoms with van der Waals surface area (Å²) in [5.41, 5.74) is 3.59. The van der Waals surface area contributed by atoms with Crippen LogP contribution in [0.15, 0.2) is 42.5 Å². The van der Waals surface area contributed by atoms with E-state index in [4.69, 9.17) is 4.74 Å². The fraction of sp³-hybridized carbons (Fsp3) is 0.188. The quantitative estimate of drug-likeness (QED) is 0.703. The maximum atomic E-state index is 12.1. The topological polar surface area (TPSA) is 74.4 Å². The number of rotatable bonds is 3. The molecule has 0 aliphatic carbocycles. The molecule has 0 spiro atoms. The van der Waals surface area contributed by atoms with Gasteiger partial charge in [0.25, 0.3) is 0 Å². The lowest BCUT2D eigenvalue weighted by atomic mass is 10.1. The van der Waals surface area contributed by atoms with Crippen LogP contribution < -0.4 is 26.0 Å². The molecule has 0 atom stereocenters. The Balaban J connectivity index is 1.69. The summed E-state index contributed by atoms with van der Waals surface area (Å²) in [7, 11) is 1.57. The fourth-order valence-electron chi connectivity index (χ4n) is 2.38. The van der Waals surface area contributed by atoms with E-state index in [0.717, 1.165) is 30.2 Å². The molecule has 2 amide bonds. The van der Waals surface area contributed by atoms with Gasteiger partial charge < -0.3 is 20.7 Å². The van der Waals surface area contributed by atoms with Crippen LogP contribution in [0.2, 0.25) is 0 Å². The van der Waals surface area contributed by atoms with E-state index in [0.29, 0.717) is 11.4 Å². The number of nitrogens with one attached hydrogen (secondary N) is 4. The summed E-state index contributed by atoms with van der Waals surface area (Å²) in [6, 6.07) is 12.8. The lowest BCUT2D eigenvalue weighted by Gasteiger charge is -2.20. The molecule has 2 aromatic rings. The third-order valence-corrected chi connectivity index (χ3v) is 3.44. The van der Waals surface area contributed by atoms with Gasteiger partial charge >= 0.3 is 6.03 Å². The lowest BCUT2D eigenvalue weighted by Crippen LogP contribution is -2.27. The number of fused-ring (bicyclic) bond motifs is 1. The van der Waals surface area contributed by atoms with Gasteiger partial charge in [-0.25, -0.2) is 4.79 Å². The van der Waals surface area contributed by atoms with E-state index >= 15 is 0 Å². The monoisotopic (exact) mass is 298 g/mol. The summed E-state index contributed by atoms with van der Waals surface area (Å²) in [4.78, 5) is 12.1. The number of carbonyl (C=O) groups is 1. The van der Waals surface area contributed by atoms with Gasteiger partial charge in [0.1, 0.15) is 5.75 Å². The van der Waals surface area contributed by atoms with Gasteiger partial charge in [-0.3, -0.25) is 5.32 Å². The van der Waals surface area contributed by atoms with Gasteiger partial charge in [-0.15, -0.1) is 0 Å². The number of benzene rings is 2. The first-order chi connectivity index (χ1) is 10.8. The zero-order valence-electron chi connectivity index (χ0n) is 12.3. The number of amides is 2. The van der Waals surface area contributed by atoms with Crippen LogP contribution in [0.3, 0.4) is 0 Å². The molecular weight excluding hydrogens is 280 g/mol. The Bertz CT molecular complexity index is 688. The first-order valence-electron chi connectivity index (χ1n) is 7.05. The zero-order valence-corrected chi connectivity index (χ0v) is 12.3. The number of urea groups is 1. The van der Waals surface area contributed by atoms with Crippen LogP contribution in [-0.2, 0) is 6.54 Å². The Morgan fingerprint density at radius 3 is 2.91 bits per heavy atom. The molecule has 114 valence electrons. The SMILES string of the molecule is COc1ccccc1NC(=O)Nc1ccc2c(c1)CNCN2. The average molecular weight is 298 g/mol. The van der Waals surface area contributed by atoms with Crippen molar-refractivity contribution in [2.75, 3.05) is 29.7 Å². The maximum Gasteiger partial charge on any atom is 0.323 e. The van der Waals surface area contributed by atoms with Crippen LogP contribution >= 0.6 is 0 Å². The second-order valence-corrected chi connectivity index (χ2v) is 4.93. The second kappa shape index (κ2) is 6.36. The van der Waals surface area contributed by atoms with Gasteiger partial charge in [0.05, 0.1) is 19.5 Å². The minimum Gasteiger partial charge on any atom is -0.495 e. The first-order valence-corrected chi connectivity index (χ1v) is 7.05. The number of para-hydroxylation sites is 2. The second-order valence-electron chi connectivity index (χ2n) is 4.93. The predicted octanol–water partition coefficient (Wildman–Crippen LogP) is 2.81. The van der Waals surface area contributed by atoms with Crippen LogP contribution in [-0.4, -0.2) is 19.8 Å². The normalized spacial score (nSPS) is 12.8. The Hall–Kier alpha value is -2.73. The molecule has 6 nitrogen and oxygen atoms in total. The van der Waals surface area contributed by atoms with Crippen LogP contribution in [0.25, 0.3) is 0 Å². The largest absolute Gasteiger partial charge is 0.495 e. The van der Waals surface area contributed by atoms with Crippen LogP contribution in [0.5, 0.6) is 5.75 Å². The van der Waals surface area contributed by atoms with Gasteiger partial charge in [0.2, 0.25) is 0 Å². The molecule has 4 N–H and O–H groups in total. The van der Waals surface area contributed by atoms with Gasteiger partial charge in [0.15, 0.2) is 0 Å². The molecule has 1 aliphatic heterocycles. The molecular formula is C16H18N4O2. The first kappa shape index (κ1) is 14.2. The number of ether oxygens (including phenoxy) is 1. The van der Waals surface area contributed by atoms with Crippen molar-refractivity contribution in [3.05, 3.63) is 48.0 Å². The number of hydrogen-bond donors (Lipinski definition) is 4. The lowest BCUT2D eigenvalue weighted by molar-refractivity contribution is 0.262. The zero-order chi connectivity index (χ0) is 15.4. The number of hydrogen-bond acceptors (Lipinski definition) is 4. The summed E-state index contributed by atoms with van der Waals surface area (Å²) in [6.45, 7) is 1.54. The molecule has 22 heavy (non-hydrogen) atoms. The Kier molecular flexibility index (Phi) is 4.11. The standard InChI is InChI=1S/C16H18N4O2/c1-22-15-5-3-2-4-14(15)20-16(21)19-12-6-7-13-11(8-12)9-17-10-18-13/h2-8,17-18H,9-10H2,1H3,(H2,19,20,21). The third-order valence-electron chi connectivity index (χ3n) is 3.44. The number of carbonyl (C=O) groups excluding carboxylic acids is 1. The van der Waals surface area contributed by atoms with Gasteiger partial charge in [-0.05, 0) is 35.9 Å². The van der Waals surface area contributed by atoms with Crippen molar-refractivity contribution in [3.8, 4) is 5.75 Å². The molecule has 1 heterocycles. The molecule has 0 aromatic heterocycles. The van der Waals surface area contributed by atoms with Crippen molar-refractivity contribution in [1.82, 2.24) is 5.32 Å². The van der Waals surface area contributed by atoms with E-state index in [-0.39, 0.29) is 6.03 Å². The highest BCUT2D eigenvalue weighted by Gasteiger charge is 2.10. The van der Waals surface area contributed by atoms with Gasteiger partial charge in [-0.1, -0.05) is 12.1 Å². The average Bonchev–Trinajstić information content (AvgIpc) is 2.55. The van der Waals surface area contributed by atoms with E-state index in [9.17, 15) is 4.79 Å². The van der Waals surface area contributed by atoms with Gasteiger partial charge in [0, 0.05) is 17.9 Å². The summed E-state index contributed by atoms with van der Waals surface area (Å²) in [5, 5.41) is 12.1. The Morgan fingerprint density at radius 1 is 1.18 bits per heavy atom. The molecule has 0 saturated carbocycles. The van der Waals surface area contributed by atoms with E-state index in [1.165, 1.54) is 0 Å². The summed E-state index contributed by atoms with van der Waals surface area (Å²) in [5.74, 6) is 0.622. The minimum absolute atomic E-state index is 0.304. The van der Waals surface area contributed by atoms with Crippen molar-refractivity contribution >= 4 is 23.1 Å². The summed E-state index contributed by atoms with van der Waals surface area (Å²) >= 11 is 0. The van der Waals surface area contributed by atoms with Crippen LogP contribution in [0.1, 0.15) is 5.56 Å². The molecule has 0 saturated heterocycles. The summed E-state index contributed by atoms with van der Waals surface area (Å²) < 4.78 is 5.21. The van der Waals surface area contributed by atoms with Crippen molar-refractivity contribution in [2.24, 2.45) is 0 Å². The highest BCUT2D eigenvalue weighted by molar-refractivity contribution is 6.00. The van der Waals surface area contributed by atoms with Crippen molar-refractivity contribution in [2.45, 2.75) is 6.54 Å². The van der Waals surface area contributed by atoms with Gasteiger partial charge in [-0.2, -0.15) is 0 Å². The van der Waals surface area contributed by atoms with Crippen molar-refractivity contribution < 1.29 is 9.53 Å². The highest BCUT2D eigenvalue weighted by atomic mass is 16.5. The van der Waals surface area contributed by atoms with Crippen molar-refractivity contribution in [3.63, 3.8) is 0 Å². The molecule has 0 unspecified atom stereocenters. The van der Waals surface area contributed by atoms with E-state index in [1.54, 1.807) is 19.2 Å². The molecule has 0 bridgehead atoms. The molecule has 3 rings (SSSR count). The Morgan fingerprint density at radius 2 is 2.05 bits per heavy atom. The molecule has 0 fully saturated rings. The highest BCUT2D eigenvalue weighted by Crippen LogP contribution is 2.24. The van der Waals surface area contributed by atoms with Crippen LogP contribution in [0.4, 0.5) is 21.9 Å². The smallest absolute Gasteiger partial charge is 0.323 e. The minimum atomic E-state index is -0.304. The van der Waals surface area contributed by atoms with E-state index in [1.807, 2.05) is 30.3 Å².